The Morgan fingerprint density at radius 3 is 2.84 bits per heavy atom. The number of carbonyl (C=O) groups is 1. The average molecular weight is 535 g/mol. The number of nitrogens with two attached hydrogens (primary N) is 1. The highest BCUT2D eigenvalue weighted by atomic mass is 32.1. The van der Waals surface area contributed by atoms with Crippen LogP contribution in [-0.4, -0.2) is 58.5 Å². The molecule has 0 spiro atoms. The SMILES string of the molecule is Cc1sc2cnc(NC(C=NC3CCN(C(=O)OC(C)(C)C)CC3)=CN)nc2c1-c1cccc2c1OCC2. The van der Waals surface area contributed by atoms with E-state index in [2.05, 4.69) is 35.4 Å². The van der Waals surface area contributed by atoms with Gasteiger partial charge in [0.2, 0.25) is 5.95 Å². The molecule has 1 amide bonds. The van der Waals surface area contributed by atoms with E-state index in [0.717, 1.165) is 46.4 Å². The second-order valence-electron chi connectivity index (χ2n) is 10.6. The number of amides is 1. The smallest absolute Gasteiger partial charge is 0.410 e. The van der Waals surface area contributed by atoms with E-state index in [1.165, 1.54) is 16.6 Å². The van der Waals surface area contributed by atoms with Crippen LogP contribution in [-0.2, 0) is 11.2 Å². The van der Waals surface area contributed by atoms with E-state index in [1.807, 2.05) is 27.0 Å². The molecule has 10 heteroatoms. The molecule has 0 atom stereocenters. The number of rotatable bonds is 5. The summed E-state index contributed by atoms with van der Waals surface area (Å²) in [7, 11) is 0. The number of thiophene rings is 1. The molecule has 5 rings (SSSR count). The van der Waals surface area contributed by atoms with Crippen molar-refractivity contribution in [2.75, 3.05) is 25.0 Å². The van der Waals surface area contributed by atoms with Gasteiger partial charge in [-0.3, -0.25) is 4.99 Å². The molecule has 0 unspecified atom stereocenters. The number of aliphatic imine (C=N–C) groups is 1. The molecule has 0 saturated carbocycles. The van der Waals surface area contributed by atoms with Crippen LogP contribution in [0.3, 0.4) is 0 Å². The number of allylic oxidation sites excluding steroid dienone is 1. The number of piperidine rings is 1. The van der Waals surface area contributed by atoms with Crippen LogP contribution >= 0.6 is 11.3 Å². The maximum absolute atomic E-state index is 12.3. The van der Waals surface area contributed by atoms with Crippen molar-refractivity contribution in [1.82, 2.24) is 14.9 Å². The van der Waals surface area contributed by atoms with Crippen molar-refractivity contribution in [3.05, 3.63) is 46.7 Å². The Bertz CT molecular complexity index is 1400. The van der Waals surface area contributed by atoms with E-state index in [9.17, 15) is 4.79 Å². The van der Waals surface area contributed by atoms with Gasteiger partial charge in [-0.1, -0.05) is 18.2 Å². The quantitative estimate of drug-likeness (QED) is 0.428. The van der Waals surface area contributed by atoms with Crippen molar-refractivity contribution in [3.8, 4) is 16.9 Å². The fourth-order valence-electron chi connectivity index (χ4n) is 4.75. The van der Waals surface area contributed by atoms with Crippen LogP contribution < -0.4 is 15.8 Å². The molecule has 4 heterocycles. The third-order valence-corrected chi connectivity index (χ3v) is 7.60. The summed E-state index contributed by atoms with van der Waals surface area (Å²) in [5.41, 5.74) is 10.3. The van der Waals surface area contributed by atoms with Gasteiger partial charge in [0.25, 0.3) is 0 Å². The normalized spacial score (nSPS) is 16.6. The Hall–Kier alpha value is -3.66. The second kappa shape index (κ2) is 10.6. The molecule has 9 nitrogen and oxygen atoms in total. The van der Waals surface area contributed by atoms with Gasteiger partial charge in [-0.15, -0.1) is 11.3 Å². The highest BCUT2D eigenvalue weighted by molar-refractivity contribution is 7.19. The summed E-state index contributed by atoms with van der Waals surface area (Å²) in [5, 5.41) is 3.21. The second-order valence-corrected chi connectivity index (χ2v) is 11.8. The molecule has 0 bridgehead atoms. The summed E-state index contributed by atoms with van der Waals surface area (Å²) in [4.78, 5) is 29.3. The monoisotopic (exact) mass is 534 g/mol. The molecule has 38 heavy (non-hydrogen) atoms. The Morgan fingerprint density at radius 1 is 1.32 bits per heavy atom. The van der Waals surface area contributed by atoms with Gasteiger partial charge in [-0.05, 0) is 46.1 Å². The minimum atomic E-state index is -0.499. The molecule has 0 aliphatic carbocycles. The number of hydrogen-bond acceptors (Lipinski definition) is 9. The van der Waals surface area contributed by atoms with Crippen LogP contribution in [0, 0.1) is 6.92 Å². The van der Waals surface area contributed by atoms with E-state index < -0.39 is 5.60 Å². The number of fused-ring (bicyclic) bond motifs is 2. The summed E-state index contributed by atoms with van der Waals surface area (Å²) in [6.45, 7) is 9.66. The molecule has 1 aromatic carbocycles. The Labute approximate surface area is 226 Å². The highest BCUT2D eigenvalue weighted by Crippen LogP contribution is 2.44. The number of para-hydroxylation sites is 1. The van der Waals surface area contributed by atoms with Gasteiger partial charge >= 0.3 is 6.09 Å². The predicted molar refractivity (Wildman–Crippen MR) is 152 cm³/mol. The summed E-state index contributed by atoms with van der Waals surface area (Å²) in [6, 6.07) is 6.40. The lowest BCUT2D eigenvalue weighted by Crippen LogP contribution is -2.42. The first-order chi connectivity index (χ1) is 18.2. The Balaban J connectivity index is 1.28. The molecule has 2 aromatic heterocycles. The number of aryl methyl sites for hydroxylation is 1. The fraction of sp³-hybridized carbons (Fsp3) is 0.429. The van der Waals surface area contributed by atoms with Crippen LogP contribution in [0.5, 0.6) is 5.75 Å². The molecule has 0 radical (unpaired) electrons. The number of aromatic nitrogens is 2. The first kappa shape index (κ1) is 26.0. The van der Waals surface area contributed by atoms with Crippen molar-refractivity contribution in [2.24, 2.45) is 10.7 Å². The molecule has 1 fully saturated rings. The zero-order valence-corrected chi connectivity index (χ0v) is 23.1. The van der Waals surface area contributed by atoms with Gasteiger partial charge < -0.3 is 25.4 Å². The van der Waals surface area contributed by atoms with Gasteiger partial charge in [0, 0.05) is 47.9 Å². The maximum atomic E-state index is 12.3. The molecular formula is C28H34N6O3S. The summed E-state index contributed by atoms with van der Waals surface area (Å²) >= 11 is 1.68. The van der Waals surface area contributed by atoms with Crippen molar-refractivity contribution < 1.29 is 14.3 Å². The zero-order valence-electron chi connectivity index (χ0n) is 22.3. The van der Waals surface area contributed by atoms with E-state index in [4.69, 9.17) is 25.2 Å². The lowest BCUT2D eigenvalue weighted by Gasteiger charge is -2.32. The van der Waals surface area contributed by atoms with E-state index >= 15 is 0 Å². The number of carbonyl (C=O) groups excluding carboxylic acids is 1. The maximum Gasteiger partial charge on any atom is 0.410 e. The lowest BCUT2D eigenvalue weighted by molar-refractivity contribution is 0.0207. The van der Waals surface area contributed by atoms with Gasteiger partial charge in [0.05, 0.1) is 34.8 Å². The predicted octanol–water partition coefficient (Wildman–Crippen LogP) is 5.28. The van der Waals surface area contributed by atoms with E-state index in [-0.39, 0.29) is 12.1 Å². The number of anilines is 1. The average Bonchev–Trinajstić information content (AvgIpc) is 3.49. The third-order valence-electron chi connectivity index (χ3n) is 6.57. The van der Waals surface area contributed by atoms with Crippen molar-refractivity contribution in [1.29, 1.82) is 0 Å². The molecule has 3 N–H and O–H groups in total. The number of benzene rings is 1. The lowest BCUT2D eigenvalue weighted by atomic mass is 10.0. The van der Waals surface area contributed by atoms with Crippen LogP contribution in [0.4, 0.5) is 10.7 Å². The van der Waals surface area contributed by atoms with E-state index in [1.54, 1.807) is 22.5 Å². The van der Waals surface area contributed by atoms with Crippen LogP contribution in [0.15, 0.2) is 41.3 Å². The zero-order chi connectivity index (χ0) is 26.9. The van der Waals surface area contributed by atoms with Crippen LogP contribution in [0.25, 0.3) is 21.3 Å². The molecule has 3 aromatic rings. The standard InChI is InChI=1S/C28H34N6O3S/c1-17-23(21-7-5-6-18-10-13-36-25(18)21)24-22(38-17)16-31-26(33-24)32-20(14-29)15-30-19-8-11-34(12-9-19)27(35)37-28(2,3)4/h5-7,14-16,19H,8-13,29H2,1-4H3,(H,31,32,33). The van der Waals surface area contributed by atoms with Crippen molar-refractivity contribution in [3.63, 3.8) is 0 Å². The van der Waals surface area contributed by atoms with Crippen molar-refractivity contribution >= 4 is 39.8 Å². The Morgan fingerprint density at radius 2 is 2.11 bits per heavy atom. The Kier molecular flexibility index (Phi) is 7.25. The van der Waals surface area contributed by atoms with Crippen LogP contribution in [0.2, 0.25) is 0 Å². The van der Waals surface area contributed by atoms with E-state index in [0.29, 0.717) is 31.3 Å². The summed E-state index contributed by atoms with van der Waals surface area (Å²) in [5.74, 6) is 1.41. The third kappa shape index (κ3) is 5.60. The van der Waals surface area contributed by atoms with Gasteiger partial charge in [-0.2, -0.15) is 0 Å². The topological polar surface area (TPSA) is 115 Å². The van der Waals surface area contributed by atoms with Gasteiger partial charge in [0.15, 0.2) is 0 Å². The number of nitrogens with zero attached hydrogens (tertiary/aromatic N) is 4. The number of likely N-dealkylation sites (tertiary alicyclic amines) is 1. The minimum absolute atomic E-state index is 0.0973. The number of ether oxygens (including phenoxy) is 2. The highest BCUT2D eigenvalue weighted by Gasteiger charge is 2.26. The first-order valence-corrected chi connectivity index (χ1v) is 13.7. The van der Waals surface area contributed by atoms with Gasteiger partial charge in [-0.25, -0.2) is 14.8 Å². The molecule has 2 aliphatic rings. The summed E-state index contributed by atoms with van der Waals surface area (Å²) < 4.78 is 12.5. The van der Waals surface area contributed by atoms with Gasteiger partial charge in [0.1, 0.15) is 11.4 Å². The largest absolute Gasteiger partial charge is 0.492 e. The number of nitrogens with one attached hydrogen (secondary N) is 1. The van der Waals surface area contributed by atoms with Crippen LogP contribution in [0.1, 0.15) is 44.1 Å². The molecule has 1 saturated heterocycles. The number of hydrogen-bond donors (Lipinski definition) is 2. The molecular weight excluding hydrogens is 500 g/mol. The first-order valence-electron chi connectivity index (χ1n) is 12.9. The minimum Gasteiger partial charge on any atom is -0.492 e. The summed E-state index contributed by atoms with van der Waals surface area (Å²) in [6.07, 6.45) is 7.20. The van der Waals surface area contributed by atoms with Crippen molar-refractivity contribution in [2.45, 2.75) is 58.6 Å². The molecule has 200 valence electrons. The fourth-order valence-corrected chi connectivity index (χ4v) is 5.74. The molecule has 2 aliphatic heterocycles.